The highest BCUT2D eigenvalue weighted by molar-refractivity contribution is 5.61. The number of ether oxygens (including phenoxy) is 1. The molecule has 6 nitrogen and oxygen atoms in total. The first-order chi connectivity index (χ1) is 9.12. The second-order valence-electron chi connectivity index (χ2n) is 4.14. The largest absolute Gasteiger partial charge is 0.496 e. The summed E-state index contributed by atoms with van der Waals surface area (Å²) in [6.45, 7) is 3.80. The molecule has 0 aliphatic heterocycles. The number of nitrogens with two attached hydrogens (primary N) is 1. The van der Waals surface area contributed by atoms with Crippen LogP contribution in [-0.4, -0.2) is 17.1 Å². The van der Waals surface area contributed by atoms with Crippen molar-refractivity contribution in [2.75, 3.05) is 17.9 Å². The predicted molar refractivity (Wildman–Crippen MR) is 75.6 cm³/mol. The molecular weight excluding hydrogens is 242 g/mol. The summed E-state index contributed by atoms with van der Waals surface area (Å²) in [4.78, 5) is 8.43. The molecule has 0 bridgehead atoms. The van der Waals surface area contributed by atoms with E-state index in [1.165, 1.54) is 0 Å². The van der Waals surface area contributed by atoms with Crippen molar-refractivity contribution < 1.29 is 4.74 Å². The number of benzene rings is 1. The SMILES string of the molecule is COc1ccc(Nc2cc(NN)nc(C)n2)cc1C. The Kier molecular flexibility index (Phi) is 3.82. The number of rotatable bonds is 4. The van der Waals surface area contributed by atoms with Gasteiger partial charge in [0.05, 0.1) is 7.11 Å². The second kappa shape index (κ2) is 5.53. The van der Waals surface area contributed by atoms with Crippen molar-refractivity contribution in [1.29, 1.82) is 0 Å². The van der Waals surface area contributed by atoms with Gasteiger partial charge >= 0.3 is 0 Å². The van der Waals surface area contributed by atoms with Gasteiger partial charge in [0.15, 0.2) is 0 Å². The summed E-state index contributed by atoms with van der Waals surface area (Å²) >= 11 is 0. The summed E-state index contributed by atoms with van der Waals surface area (Å²) < 4.78 is 5.23. The quantitative estimate of drug-likeness (QED) is 0.576. The maximum Gasteiger partial charge on any atom is 0.145 e. The number of aromatic nitrogens is 2. The third-order valence-electron chi connectivity index (χ3n) is 2.65. The molecule has 19 heavy (non-hydrogen) atoms. The number of nitrogens with zero attached hydrogens (tertiary/aromatic N) is 2. The van der Waals surface area contributed by atoms with Crippen LogP contribution in [0.2, 0.25) is 0 Å². The molecule has 1 aromatic heterocycles. The van der Waals surface area contributed by atoms with Crippen LogP contribution in [0.3, 0.4) is 0 Å². The van der Waals surface area contributed by atoms with Crippen LogP contribution in [0, 0.1) is 13.8 Å². The molecule has 0 saturated heterocycles. The molecule has 6 heteroatoms. The second-order valence-corrected chi connectivity index (χ2v) is 4.14. The van der Waals surface area contributed by atoms with Crippen LogP contribution in [0.4, 0.5) is 17.3 Å². The van der Waals surface area contributed by atoms with E-state index in [1.54, 1.807) is 13.2 Å². The zero-order valence-corrected chi connectivity index (χ0v) is 11.2. The van der Waals surface area contributed by atoms with E-state index in [2.05, 4.69) is 20.7 Å². The van der Waals surface area contributed by atoms with Crippen LogP contribution in [0.25, 0.3) is 0 Å². The first-order valence-corrected chi connectivity index (χ1v) is 5.86. The molecule has 0 saturated carbocycles. The molecule has 2 aromatic rings. The summed E-state index contributed by atoms with van der Waals surface area (Å²) in [5.41, 5.74) is 4.49. The highest BCUT2D eigenvalue weighted by Gasteiger charge is 2.03. The number of hydrogen-bond acceptors (Lipinski definition) is 6. The third-order valence-corrected chi connectivity index (χ3v) is 2.65. The fraction of sp³-hybridized carbons (Fsp3) is 0.231. The number of nitrogens with one attached hydrogen (secondary N) is 2. The lowest BCUT2D eigenvalue weighted by Gasteiger charge is -2.10. The van der Waals surface area contributed by atoms with Crippen LogP contribution >= 0.6 is 0 Å². The molecule has 1 heterocycles. The van der Waals surface area contributed by atoms with Gasteiger partial charge in [-0.15, -0.1) is 0 Å². The monoisotopic (exact) mass is 259 g/mol. The third kappa shape index (κ3) is 3.11. The summed E-state index contributed by atoms with van der Waals surface area (Å²) in [7, 11) is 1.66. The number of methoxy groups -OCH3 is 1. The molecule has 0 radical (unpaired) electrons. The van der Waals surface area contributed by atoms with Gasteiger partial charge in [-0.1, -0.05) is 0 Å². The van der Waals surface area contributed by atoms with Gasteiger partial charge in [0.25, 0.3) is 0 Å². The maximum atomic E-state index is 5.36. The molecule has 0 atom stereocenters. The van der Waals surface area contributed by atoms with Gasteiger partial charge in [-0.2, -0.15) is 0 Å². The average molecular weight is 259 g/mol. The van der Waals surface area contributed by atoms with E-state index in [9.17, 15) is 0 Å². The van der Waals surface area contributed by atoms with Gasteiger partial charge < -0.3 is 15.5 Å². The summed E-state index contributed by atoms with van der Waals surface area (Å²) in [5.74, 6) is 8.11. The van der Waals surface area contributed by atoms with Crippen molar-refractivity contribution in [2.24, 2.45) is 5.84 Å². The predicted octanol–water partition coefficient (Wildman–Crippen LogP) is 2.13. The maximum absolute atomic E-state index is 5.36. The van der Waals surface area contributed by atoms with Gasteiger partial charge in [-0.3, -0.25) is 0 Å². The molecule has 0 aliphatic carbocycles. The molecular formula is C13H17N5O. The highest BCUT2D eigenvalue weighted by atomic mass is 16.5. The van der Waals surface area contributed by atoms with E-state index in [-0.39, 0.29) is 0 Å². The Morgan fingerprint density at radius 3 is 2.47 bits per heavy atom. The number of nitrogen functional groups attached to an aromatic ring is 1. The normalized spacial score (nSPS) is 10.1. The van der Waals surface area contributed by atoms with E-state index in [4.69, 9.17) is 10.6 Å². The van der Waals surface area contributed by atoms with E-state index in [0.717, 1.165) is 17.0 Å². The molecule has 100 valence electrons. The van der Waals surface area contributed by atoms with Gasteiger partial charge in [-0.05, 0) is 37.6 Å². The van der Waals surface area contributed by atoms with Crippen LogP contribution in [-0.2, 0) is 0 Å². The van der Waals surface area contributed by atoms with Crippen LogP contribution in [0.1, 0.15) is 11.4 Å². The molecule has 0 aliphatic rings. The van der Waals surface area contributed by atoms with E-state index < -0.39 is 0 Å². The minimum absolute atomic E-state index is 0.570. The lowest BCUT2D eigenvalue weighted by molar-refractivity contribution is 0.412. The van der Waals surface area contributed by atoms with Gasteiger partial charge in [0.1, 0.15) is 23.2 Å². The number of hydrazine groups is 1. The van der Waals surface area contributed by atoms with Crippen LogP contribution in [0.15, 0.2) is 24.3 Å². The zero-order valence-electron chi connectivity index (χ0n) is 11.2. The smallest absolute Gasteiger partial charge is 0.145 e. The fourth-order valence-corrected chi connectivity index (χ4v) is 1.81. The minimum Gasteiger partial charge on any atom is -0.496 e. The molecule has 4 N–H and O–H groups in total. The molecule has 0 unspecified atom stereocenters. The molecule has 0 fully saturated rings. The number of aryl methyl sites for hydroxylation is 2. The zero-order chi connectivity index (χ0) is 13.8. The van der Waals surface area contributed by atoms with Crippen molar-refractivity contribution in [3.05, 3.63) is 35.7 Å². The van der Waals surface area contributed by atoms with Crippen molar-refractivity contribution >= 4 is 17.3 Å². The first-order valence-electron chi connectivity index (χ1n) is 5.86. The van der Waals surface area contributed by atoms with E-state index in [0.29, 0.717) is 17.5 Å². The van der Waals surface area contributed by atoms with Crippen LogP contribution < -0.4 is 21.3 Å². The van der Waals surface area contributed by atoms with Crippen molar-refractivity contribution in [3.63, 3.8) is 0 Å². The Morgan fingerprint density at radius 1 is 1.11 bits per heavy atom. The van der Waals surface area contributed by atoms with Gasteiger partial charge in [0, 0.05) is 11.8 Å². The summed E-state index contributed by atoms with van der Waals surface area (Å²) in [5, 5.41) is 3.21. The summed E-state index contributed by atoms with van der Waals surface area (Å²) in [6.07, 6.45) is 0. The first kappa shape index (κ1) is 13.1. The van der Waals surface area contributed by atoms with Crippen molar-refractivity contribution in [1.82, 2.24) is 9.97 Å². The fourth-order valence-electron chi connectivity index (χ4n) is 1.81. The Morgan fingerprint density at radius 2 is 1.84 bits per heavy atom. The number of hydrogen-bond donors (Lipinski definition) is 3. The van der Waals surface area contributed by atoms with E-state index >= 15 is 0 Å². The highest BCUT2D eigenvalue weighted by Crippen LogP contribution is 2.24. The minimum atomic E-state index is 0.570. The molecule has 0 amide bonds. The Bertz CT molecular complexity index is 585. The van der Waals surface area contributed by atoms with E-state index in [1.807, 2.05) is 32.0 Å². The Balaban J connectivity index is 2.25. The number of anilines is 3. The standard InChI is InChI=1S/C13H17N5O/c1-8-6-10(4-5-11(8)19-3)17-12-7-13(18-14)16-9(2)15-12/h4-7H,14H2,1-3H3,(H2,15,16,17,18). The topological polar surface area (TPSA) is 85.1 Å². The Labute approximate surface area is 112 Å². The summed E-state index contributed by atoms with van der Waals surface area (Å²) in [6, 6.07) is 7.57. The average Bonchev–Trinajstić information content (AvgIpc) is 2.38. The molecule has 2 rings (SSSR count). The lowest BCUT2D eigenvalue weighted by atomic mass is 10.2. The molecule has 1 aromatic carbocycles. The van der Waals surface area contributed by atoms with Crippen molar-refractivity contribution in [2.45, 2.75) is 13.8 Å². The van der Waals surface area contributed by atoms with Gasteiger partial charge in [-0.25, -0.2) is 15.8 Å². The lowest BCUT2D eigenvalue weighted by Crippen LogP contribution is -2.10. The van der Waals surface area contributed by atoms with Gasteiger partial charge in [0.2, 0.25) is 0 Å². The molecule has 0 spiro atoms. The van der Waals surface area contributed by atoms with Crippen LogP contribution in [0.5, 0.6) is 5.75 Å². The van der Waals surface area contributed by atoms with Crippen molar-refractivity contribution in [3.8, 4) is 5.75 Å². The Hall–Kier alpha value is -2.34.